The number of alkyl halides is 1. The summed E-state index contributed by atoms with van der Waals surface area (Å²) in [6.07, 6.45) is 4.41. The number of aliphatic hydroxyl groups is 1. The third-order valence-electron chi connectivity index (χ3n) is 8.27. The van der Waals surface area contributed by atoms with E-state index in [1.165, 1.54) is 20.0 Å². The van der Waals surface area contributed by atoms with Crippen LogP contribution in [0.4, 0.5) is 4.39 Å². The Labute approximate surface area is 274 Å². The van der Waals surface area contributed by atoms with Crippen LogP contribution in [0.5, 0.6) is 0 Å². The Hall–Kier alpha value is -3.99. The van der Waals surface area contributed by atoms with Gasteiger partial charge in [0.15, 0.2) is 0 Å². The number of hydrogen-bond acceptors (Lipinski definition) is 7. The van der Waals surface area contributed by atoms with E-state index in [0.717, 1.165) is 40.2 Å². The first kappa shape index (κ1) is 33.4. The highest BCUT2D eigenvalue weighted by Crippen LogP contribution is 2.35. The molecule has 3 heterocycles. The van der Waals surface area contributed by atoms with Crippen molar-refractivity contribution in [3.8, 4) is 0 Å². The van der Waals surface area contributed by atoms with Crippen LogP contribution in [0.2, 0.25) is 0 Å². The largest absolute Gasteiger partial charge is 0.390 e. The van der Waals surface area contributed by atoms with E-state index in [4.69, 9.17) is 0 Å². The molecule has 4 aromatic rings. The van der Waals surface area contributed by atoms with Crippen LogP contribution in [0.3, 0.4) is 0 Å². The van der Waals surface area contributed by atoms with E-state index in [9.17, 15) is 19.1 Å². The maximum absolute atomic E-state index is 14.4. The summed E-state index contributed by atoms with van der Waals surface area (Å²) in [6.45, 7) is 8.00. The van der Waals surface area contributed by atoms with Crippen LogP contribution < -0.4 is 10.6 Å². The molecular weight excluding hydrogens is 601 g/mol. The minimum absolute atomic E-state index is 0.0661. The zero-order valence-corrected chi connectivity index (χ0v) is 27.6. The van der Waals surface area contributed by atoms with Crippen molar-refractivity contribution in [2.75, 3.05) is 13.1 Å². The smallest absolute Gasteiger partial charge is 0.254 e. The Morgan fingerprint density at radius 2 is 1.85 bits per heavy atom. The number of benzene rings is 2. The van der Waals surface area contributed by atoms with Crippen LogP contribution in [-0.4, -0.2) is 57.0 Å². The van der Waals surface area contributed by atoms with Crippen LogP contribution >= 0.6 is 11.3 Å². The second-order valence-electron chi connectivity index (χ2n) is 12.6. The Balaban J connectivity index is 1.29. The molecule has 242 valence electrons. The van der Waals surface area contributed by atoms with E-state index in [1.54, 1.807) is 35.7 Å². The summed E-state index contributed by atoms with van der Waals surface area (Å²) < 4.78 is 14.4. The number of pyridine rings is 1. The minimum Gasteiger partial charge on any atom is -0.390 e. The van der Waals surface area contributed by atoms with E-state index in [0.29, 0.717) is 36.2 Å². The van der Waals surface area contributed by atoms with Crippen molar-refractivity contribution < 1.29 is 19.1 Å². The average molecular weight is 644 g/mol. The zero-order valence-electron chi connectivity index (χ0n) is 26.8. The second kappa shape index (κ2) is 14.6. The molecule has 3 unspecified atom stereocenters. The molecule has 2 amide bonds. The highest BCUT2D eigenvalue weighted by Gasteiger charge is 2.33. The number of carbonyl (C=O) groups excluding carboxylic acids is 2. The number of likely N-dealkylation sites (tertiary alicyclic amines) is 1. The van der Waals surface area contributed by atoms with Gasteiger partial charge in [0.1, 0.15) is 10.7 Å². The summed E-state index contributed by atoms with van der Waals surface area (Å²) in [7, 11) is 0. The van der Waals surface area contributed by atoms with E-state index < -0.39 is 17.8 Å². The number of amides is 2. The molecule has 1 aliphatic rings. The van der Waals surface area contributed by atoms with Crippen LogP contribution in [0, 0.1) is 13.8 Å². The van der Waals surface area contributed by atoms with Gasteiger partial charge >= 0.3 is 0 Å². The fourth-order valence-corrected chi connectivity index (χ4v) is 6.76. The highest BCUT2D eigenvalue weighted by molar-refractivity contribution is 7.09. The van der Waals surface area contributed by atoms with Crippen molar-refractivity contribution in [1.29, 1.82) is 0 Å². The van der Waals surface area contributed by atoms with E-state index >= 15 is 0 Å². The number of hydrogen-bond donors (Lipinski definition) is 3. The number of aromatic nitrogens is 2. The fraction of sp³-hybridized carbons (Fsp3) is 0.389. The van der Waals surface area contributed by atoms with Crippen LogP contribution in [0.25, 0.3) is 0 Å². The van der Waals surface area contributed by atoms with Gasteiger partial charge < -0.3 is 20.6 Å². The molecule has 8 nitrogen and oxygen atoms in total. The zero-order chi connectivity index (χ0) is 32.8. The number of nitrogens with zero attached hydrogens (tertiary/aromatic N) is 3. The molecule has 2 aromatic carbocycles. The van der Waals surface area contributed by atoms with Crippen molar-refractivity contribution in [3.05, 3.63) is 116 Å². The van der Waals surface area contributed by atoms with Gasteiger partial charge in [0.05, 0.1) is 18.2 Å². The Morgan fingerprint density at radius 3 is 2.57 bits per heavy atom. The van der Waals surface area contributed by atoms with Gasteiger partial charge in [-0.05, 0) is 87.9 Å². The first-order valence-corrected chi connectivity index (χ1v) is 16.6. The lowest BCUT2D eigenvalue weighted by Crippen LogP contribution is -2.48. The molecule has 10 heteroatoms. The molecule has 5 rings (SSSR count). The fourth-order valence-electron chi connectivity index (χ4n) is 5.81. The van der Waals surface area contributed by atoms with E-state index in [1.807, 2.05) is 60.5 Å². The maximum atomic E-state index is 14.4. The van der Waals surface area contributed by atoms with Gasteiger partial charge in [0.2, 0.25) is 0 Å². The quantitative estimate of drug-likeness (QED) is 0.179. The lowest BCUT2D eigenvalue weighted by molar-refractivity contribution is 0.0735. The highest BCUT2D eigenvalue weighted by atomic mass is 32.1. The van der Waals surface area contributed by atoms with Gasteiger partial charge in [0, 0.05) is 59.8 Å². The Kier molecular flexibility index (Phi) is 10.6. The van der Waals surface area contributed by atoms with Gasteiger partial charge in [-0.1, -0.05) is 30.3 Å². The maximum Gasteiger partial charge on any atom is 0.254 e. The first-order chi connectivity index (χ1) is 22.0. The van der Waals surface area contributed by atoms with Crippen molar-refractivity contribution in [3.63, 3.8) is 0 Å². The van der Waals surface area contributed by atoms with E-state index in [-0.39, 0.29) is 24.4 Å². The third kappa shape index (κ3) is 8.43. The average Bonchev–Trinajstić information content (AvgIpc) is 3.69. The second-order valence-corrected chi connectivity index (χ2v) is 13.5. The number of rotatable bonds is 12. The third-order valence-corrected chi connectivity index (χ3v) is 9.33. The first-order valence-electron chi connectivity index (χ1n) is 15.7. The summed E-state index contributed by atoms with van der Waals surface area (Å²) in [5.41, 5.74) is 3.29. The lowest BCUT2D eigenvalue weighted by Gasteiger charge is -2.26. The molecule has 1 fully saturated rings. The molecule has 46 heavy (non-hydrogen) atoms. The molecule has 3 N–H and O–H groups in total. The molecule has 0 saturated carbocycles. The lowest BCUT2D eigenvalue weighted by atomic mass is 9.99. The molecular formula is C36H42FN5O3S. The van der Waals surface area contributed by atoms with Crippen molar-refractivity contribution in [2.24, 2.45) is 0 Å². The molecule has 2 aromatic heterocycles. The molecule has 0 bridgehead atoms. The summed E-state index contributed by atoms with van der Waals surface area (Å²) in [6, 6.07) is 16.0. The molecule has 0 spiro atoms. The van der Waals surface area contributed by atoms with Gasteiger partial charge in [-0.25, -0.2) is 9.37 Å². The number of thiazole rings is 1. The standard InChI is InChI=1S/C36H42FN5O3S/c1-23-13-27(17-28(14-23)35(45)42-12-8-11-31(42)34-40-24(2)22-46-34)33(44)41-30(16-25-9-6-5-7-10-25)32(43)21-39-19-26-15-29(20-38-18-26)36(3,4)37/h5-7,9-10,13-15,17-18,20,22,30-32,39,43H,8,11-12,16,19,21H2,1-4H3,(H,41,44). The molecule has 0 aliphatic carbocycles. The monoisotopic (exact) mass is 643 g/mol. The van der Waals surface area contributed by atoms with E-state index in [2.05, 4.69) is 20.6 Å². The summed E-state index contributed by atoms with van der Waals surface area (Å²) in [4.78, 5) is 38.1. The summed E-state index contributed by atoms with van der Waals surface area (Å²) in [5, 5.41) is 20.5. The number of carbonyl (C=O) groups is 2. The Bertz CT molecular complexity index is 1650. The predicted molar refractivity (Wildman–Crippen MR) is 179 cm³/mol. The molecule has 1 saturated heterocycles. The van der Waals surface area contributed by atoms with Gasteiger partial charge in [0.25, 0.3) is 11.8 Å². The van der Waals surface area contributed by atoms with Crippen molar-refractivity contribution in [2.45, 2.75) is 77.4 Å². The van der Waals surface area contributed by atoms with Crippen molar-refractivity contribution in [1.82, 2.24) is 25.5 Å². The SMILES string of the molecule is Cc1cc(C(=O)NC(Cc2ccccc2)C(O)CNCc2cncc(C(C)(C)F)c2)cc(C(=O)N2CCCC2c2nc(C)cs2)c1. The van der Waals surface area contributed by atoms with Gasteiger partial charge in [-0.3, -0.25) is 14.6 Å². The Morgan fingerprint density at radius 1 is 1.09 bits per heavy atom. The van der Waals surface area contributed by atoms with Crippen LogP contribution in [0.1, 0.15) is 86.4 Å². The predicted octanol–water partition coefficient (Wildman–Crippen LogP) is 5.83. The molecule has 1 aliphatic heterocycles. The van der Waals surface area contributed by atoms with Crippen LogP contribution in [-0.2, 0) is 18.6 Å². The van der Waals surface area contributed by atoms with Gasteiger partial charge in [-0.15, -0.1) is 11.3 Å². The van der Waals surface area contributed by atoms with Gasteiger partial charge in [-0.2, -0.15) is 0 Å². The number of aryl methyl sites for hydroxylation is 2. The minimum atomic E-state index is -1.51. The van der Waals surface area contributed by atoms with Crippen molar-refractivity contribution >= 4 is 23.2 Å². The normalized spacial score (nSPS) is 16.3. The summed E-state index contributed by atoms with van der Waals surface area (Å²) in [5.74, 6) is -0.485. The summed E-state index contributed by atoms with van der Waals surface area (Å²) >= 11 is 1.57. The molecule has 3 atom stereocenters. The number of nitrogens with one attached hydrogen (secondary N) is 2. The topological polar surface area (TPSA) is 107 Å². The van der Waals surface area contributed by atoms with Crippen LogP contribution in [0.15, 0.2) is 72.4 Å². The number of aliphatic hydroxyl groups excluding tert-OH is 1. The molecule has 0 radical (unpaired) electrons. The number of halogens is 1.